The molecule has 0 fully saturated rings. The maximum Gasteiger partial charge on any atom is 0.291 e. The normalized spacial score (nSPS) is 11.3. The summed E-state index contributed by atoms with van der Waals surface area (Å²) in [5.74, 6) is -0.312. The lowest BCUT2D eigenvalue weighted by Gasteiger charge is -2.05. The number of hydrogen-bond acceptors (Lipinski definition) is 4. The van der Waals surface area contributed by atoms with E-state index in [1.54, 1.807) is 18.2 Å². The monoisotopic (exact) mass is 343 g/mol. The van der Waals surface area contributed by atoms with Crippen molar-refractivity contribution < 1.29 is 17.6 Å². The van der Waals surface area contributed by atoms with Gasteiger partial charge < -0.3 is 9.73 Å². The van der Waals surface area contributed by atoms with Crippen LogP contribution in [0.2, 0.25) is 0 Å². The lowest BCUT2D eigenvalue weighted by molar-refractivity contribution is 0.0995. The van der Waals surface area contributed by atoms with Crippen molar-refractivity contribution in [2.45, 2.75) is 4.90 Å². The third kappa shape index (κ3) is 3.45. The van der Waals surface area contributed by atoms with Gasteiger partial charge in [-0.05, 0) is 46.3 Å². The molecular formula is C12H10BrNO4S. The van der Waals surface area contributed by atoms with Gasteiger partial charge in [0.15, 0.2) is 20.3 Å². The number of rotatable bonds is 3. The zero-order valence-electron chi connectivity index (χ0n) is 9.88. The average molecular weight is 344 g/mol. The molecule has 0 aliphatic heterocycles. The number of hydrogen-bond donors (Lipinski definition) is 1. The Labute approximate surface area is 118 Å². The van der Waals surface area contributed by atoms with Gasteiger partial charge in [0.1, 0.15) is 0 Å². The molecule has 0 unspecified atom stereocenters. The summed E-state index contributed by atoms with van der Waals surface area (Å²) in [7, 11) is -3.30. The van der Waals surface area contributed by atoms with E-state index >= 15 is 0 Å². The fraction of sp³-hybridized carbons (Fsp3) is 0.0833. The lowest BCUT2D eigenvalue weighted by atomic mass is 10.3. The fourth-order valence-electron chi connectivity index (χ4n) is 1.43. The Morgan fingerprint density at radius 3 is 2.58 bits per heavy atom. The third-order valence-electron chi connectivity index (χ3n) is 2.32. The van der Waals surface area contributed by atoms with Crippen molar-refractivity contribution in [1.29, 1.82) is 0 Å². The minimum absolute atomic E-state index is 0.136. The number of furan rings is 1. The van der Waals surface area contributed by atoms with Gasteiger partial charge in [-0.3, -0.25) is 4.79 Å². The first kappa shape index (κ1) is 13.8. The molecule has 1 amide bonds. The number of carbonyl (C=O) groups excluding carboxylic acids is 1. The van der Waals surface area contributed by atoms with Gasteiger partial charge in [-0.1, -0.05) is 6.07 Å². The zero-order chi connectivity index (χ0) is 14.0. The minimum atomic E-state index is -3.30. The Morgan fingerprint density at radius 2 is 2.00 bits per heavy atom. The maximum atomic E-state index is 11.8. The summed E-state index contributed by atoms with van der Waals surface area (Å²) in [6.45, 7) is 0. The molecule has 19 heavy (non-hydrogen) atoms. The van der Waals surface area contributed by atoms with E-state index < -0.39 is 15.7 Å². The molecule has 0 spiro atoms. The van der Waals surface area contributed by atoms with Crippen LogP contribution in [0.25, 0.3) is 0 Å². The van der Waals surface area contributed by atoms with Crippen LogP contribution < -0.4 is 5.32 Å². The van der Waals surface area contributed by atoms with Crippen molar-refractivity contribution in [3.8, 4) is 0 Å². The van der Waals surface area contributed by atoms with Crippen molar-refractivity contribution >= 4 is 37.4 Å². The molecule has 0 aliphatic rings. The molecule has 2 aromatic rings. The highest BCUT2D eigenvalue weighted by Crippen LogP contribution is 2.18. The molecule has 0 saturated carbocycles. The van der Waals surface area contributed by atoms with Gasteiger partial charge in [0.2, 0.25) is 0 Å². The van der Waals surface area contributed by atoms with Crippen LogP contribution in [0.3, 0.4) is 0 Å². The summed E-state index contributed by atoms with van der Waals surface area (Å²) in [6.07, 6.45) is 1.11. The summed E-state index contributed by atoms with van der Waals surface area (Å²) < 4.78 is 28.4. The summed E-state index contributed by atoms with van der Waals surface area (Å²) in [6, 6.07) is 9.13. The lowest BCUT2D eigenvalue weighted by Crippen LogP contribution is -2.11. The van der Waals surface area contributed by atoms with Crippen molar-refractivity contribution in [2.24, 2.45) is 0 Å². The molecule has 100 valence electrons. The Morgan fingerprint density at radius 1 is 1.26 bits per heavy atom. The molecular weight excluding hydrogens is 334 g/mol. The largest absolute Gasteiger partial charge is 0.444 e. The van der Waals surface area contributed by atoms with E-state index in [9.17, 15) is 13.2 Å². The van der Waals surface area contributed by atoms with Gasteiger partial charge in [0.05, 0.1) is 4.90 Å². The highest BCUT2D eigenvalue weighted by atomic mass is 79.9. The Kier molecular flexibility index (Phi) is 3.77. The van der Waals surface area contributed by atoms with Gasteiger partial charge in [0, 0.05) is 11.9 Å². The minimum Gasteiger partial charge on any atom is -0.444 e. The van der Waals surface area contributed by atoms with Crippen LogP contribution in [0.15, 0.2) is 50.4 Å². The molecule has 1 N–H and O–H groups in total. The average Bonchev–Trinajstić information content (AvgIpc) is 2.75. The molecule has 0 atom stereocenters. The van der Waals surface area contributed by atoms with Crippen molar-refractivity contribution in [2.75, 3.05) is 11.6 Å². The van der Waals surface area contributed by atoms with E-state index in [0.29, 0.717) is 10.4 Å². The zero-order valence-corrected chi connectivity index (χ0v) is 12.3. The van der Waals surface area contributed by atoms with Gasteiger partial charge in [-0.2, -0.15) is 0 Å². The van der Waals surface area contributed by atoms with E-state index in [0.717, 1.165) is 6.26 Å². The van der Waals surface area contributed by atoms with Crippen LogP contribution in [-0.2, 0) is 9.84 Å². The molecule has 0 saturated heterocycles. The second-order valence-corrected chi connectivity index (χ2v) is 6.66. The molecule has 1 aromatic heterocycles. The standard InChI is InChI=1S/C12H10BrNO4S/c1-19(16,17)9-4-2-3-8(7-9)14-12(15)10-5-6-11(13)18-10/h2-7H,1H3,(H,14,15). The topological polar surface area (TPSA) is 76.4 Å². The van der Waals surface area contributed by atoms with Gasteiger partial charge >= 0.3 is 0 Å². The molecule has 5 nitrogen and oxygen atoms in total. The summed E-state index contributed by atoms with van der Waals surface area (Å²) in [5.41, 5.74) is 0.389. The van der Waals surface area contributed by atoms with Gasteiger partial charge in [0.25, 0.3) is 5.91 Å². The Balaban J connectivity index is 2.22. The first-order valence-electron chi connectivity index (χ1n) is 5.23. The predicted molar refractivity (Wildman–Crippen MR) is 73.9 cm³/mol. The molecule has 7 heteroatoms. The molecule has 1 heterocycles. The third-order valence-corrected chi connectivity index (χ3v) is 3.85. The van der Waals surface area contributed by atoms with E-state index in [1.165, 1.54) is 18.2 Å². The number of benzene rings is 1. The first-order chi connectivity index (χ1) is 8.86. The quantitative estimate of drug-likeness (QED) is 0.929. The maximum absolute atomic E-state index is 11.8. The SMILES string of the molecule is CS(=O)(=O)c1cccc(NC(=O)c2ccc(Br)o2)c1. The molecule has 0 aliphatic carbocycles. The summed E-state index contributed by atoms with van der Waals surface area (Å²) in [4.78, 5) is 12.0. The van der Waals surface area contributed by atoms with Crippen molar-refractivity contribution in [1.82, 2.24) is 0 Å². The van der Waals surface area contributed by atoms with Crippen molar-refractivity contribution in [3.05, 3.63) is 46.8 Å². The number of sulfone groups is 1. The van der Waals surface area contributed by atoms with Crippen LogP contribution >= 0.6 is 15.9 Å². The fourth-order valence-corrected chi connectivity index (χ4v) is 2.41. The van der Waals surface area contributed by atoms with Crippen LogP contribution in [0.1, 0.15) is 10.6 Å². The Hall–Kier alpha value is -1.60. The van der Waals surface area contributed by atoms with Crippen LogP contribution in [0.5, 0.6) is 0 Å². The van der Waals surface area contributed by atoms with E-state index in [1.807, 2.05) is 0 Å². The second-order valence-electron chi connectivity index (χ2n) is 3.86. The highest BCUT2D eigenvalue weighted by molar-refractivity contribution is 9.10. The number of carbonyl (C=O) groups is 1. The smallest absolute Gasteiger partial charge is 0.291 e. The van der Waals surface area contributed by atoms with Crippen LogP contribution in [0.4, 0.5) is 5.69 Å². The van der Waals surface area contributed by atoms with Crippen LogP contribution in [0, 0.1) is 0 Å². The number of nitrogens with one attached hydrogen (secondary N) is 1. The predicted octanol–water partition coefficient (Wildman–Crippen LogP) is 2.70. The van der Waals surface area contributed by atoms with Crippen LogP contribution in [-0.4, -0.2) is 20.6 Å². The first-order valence-corrected chi connectivity index (χ1v) is 7.91. The van der Waals surface area contributed by atoms with Gasteiger partial charge in [-0.15, -0.1) is 0 Å². The van der Waals surface area contributed by atoms with E-state index in [2.05, 4.69) is 21.2 Å². The number of amides is 1. The molecule has 2 rings (SSSR count). The molecule has 0 radical (unpaired) electrons. The number of anilines is 1. The Bertz CT molecular complexity index is 721. The van der Waals surface area contributed by atoms with Gasteiger partial charge in [-0.25, -0.2) is 8.42 Å². The molecule has 0 bridgehead atoms. The number of halogens is 1. The van der Waals surface area contributed by atoms with Crippen molar-refractivity contribution in [3.63, 3.8) is 0 Å². The summed E-state index contributed by atoms with van der Waals surface area (Å²) >= 11 is 3.10. The highest BCUT2D eigenvalue weighted by Gasteiger charge is 2.12. The van der Waals surface area contributed by atoms with E-state index in [-0.39, 0.29) is 10.7 Å². The molecule has 1 aromatic carbocycles. The summed E-state index contributed by atoms with van der Waals surface area (Å²) in [5, 5.41) is 2.57. The second kappa shape index (κ2) is 5.18. The van der Waals surface area contributed by atoms with E-state index in [4.69, 9.17) is 4.42 Å².